The number of hydrogen-bond donors (Lipinski definition) is 1. The van der Waals surface area contributed by atoms with Crippen LogP contribution in [0, 0.1) is 5.82 Å². The molecule has 34 heavy (non-hydrogen) atoms. The van der Waals surface area contributed by atoms with E-state index in [-0.39, 0.29) is 5.02 Å². The van der Waals surface area contributed by atoms with Crippen molar-refractivity contribution in [1.29, 1.82) is 0 Å². The van der Waals surface area contributed by atoms with Crippen LogP contribution < -0.4 is 10.6 Å². The third kappa shape index (κ3) is 4.27. The van der Waals surface area contributed by atoms with Gasteiger partial charge in [-0.3, -0.25) is 9.58 Å². The molecule has 2 aromatic heterocycles. The quantitative estimate of drug-likeness (QED) is 0.407. The van der Waals surface area contributed by atoms with E-state index < -0.39 is 5.82 Å². The fraction of sp³-hybridized carbons (Fsp3) is 0.261. The molecule has 1 aliphatic rings. The highest BCUT2D eigenvalue weighted by molar-refractivity contribution is 6.36. The molecule has 0 atom stereocenters. The molecule has 4 aromatic rings. The van der Waals surface area contributed by atoms with Gasteiger partial charge in [-0.25, -0.2) is 9.37 Å². The minimum atomic E-state index is -0.496. The van der Waals surface area contributed by atoms with Gasteiger partial charge in [0.1, 0.15) is 11.6 Å². The maximum absolute atomic E-state index is 13.8. The molecule has 0 bridgehead atoms. The van der Waals surface area contributed by atoms with Gasteiger partial charge in [0.25, 0.3) is 0 Å². The lowest BCUT2D eigenvalue weighted by atomic mass is 10.1. The average molecular weight is 521 g/mol. The second-order valence-electron chi connectivity index (χ2n) is 8.17. The SMILES string of the molecule is Cn1nc2nc(N3CCN(Cc4c(Cl)cccc4Cl)CC3)nc(-c3ccc(F)c(Cl)c3)c2c1N. The van der Waals surface area contributed by atoms with Crippen molar-refractivity contribution in [2.45, 2.75) is 6.54 Å². The number of hydrogen-bond acceptors (Lipinski definition) is 6. The van der Waals surface area contributed by atoms with Crippen molar-refractivity contribution in [2.24, 2.45) is 7.05 Å². The van der Waals surface area contributed by atoms with Gasteiger partial charge in [0, 0.05) is 60.9 Å². The number of piperazine rings is 1. The van der Waals surface area contributed by atoms with Gasteiger partial charge in [0.15, 0.2) is 5.65 Å². The Labute approximate surface area is 210 Å². The Bertz CT molecular complexity index is 1360. The molecule has 0 aliphatic carbocycles. The fourth-order valence-electron chi connectivity index (χ4n) is 4.11. The van der Waals surface area contributed by atoms with E-state index >= 15 is 0 Å². The minimum absolute atomic E-state index is 0.0140. The van der Waals surface area contributed by atoms with Crippen LogP contribution in [0.15, 0.2) is 36.4 Å². The summed E-state index contributed by atoms with van der Waals surface area (Å²) in [7, 11) is 1.75. The number of nitrogens with zero attached hydrogens (tertiary/aromatic N) is 6. The lowest BCUT2D eigenvalue weighted by molar-refractivity contribution is 0.249. The molecule has 2 aromatic carbocycles. The highest BCUT2D eigenvalue weighted by Crippen LogP contribution is 2.34. The van der Waals surface area contributed by atoms with Crippen LogP contribution >= 0.6 is 34.8 Å². The van der Waals surface area contributed by atoms with Crippen LogP contribution in [-0.4, -0.2) is 50.8 Å². The summed E-state index contributed by atoms with van der Waals surface area (Å²) in [5.41, 5.74) is 8.88. The first kappa shape index (κ1) is 23.1. The lowest BCUT2D eigenvalue weighted by Crippen LogP contribution is -2.46. The Balaban J connectivity index is 1.44. The molecule has 5 rings (SSSR count). The van der Waals surface area contributed by atoms with Gasteiger partial charge >= 0.3 is 0 Å². The molecule has 0 saturated carbocycles. The number of rotatable bonds is 4. The van der Waals surface area contributed by atoms with E-state index in [2.05, 4.69) is 19.9 Å². The van der Waals surface area contributed by atoms with E-state index in [1.54, 1.807) is 23.9 Å². The Hall–Kier alpha value is -2.65. The average Bonchev–Trinajstić information content (AvgIpc) is 3.11. The standard InChI is InChI=1S/C23H21Cl3FN7/c1-32-21(28)19-20(13-5-6-18(27)17(26)11-13)29-23(30-22(19)31-32)34-9-7-33(8-10-34)12-14-15(24)3-2-4-16(14)25/h2-6,11H,7-10,12,28H2,1H3. The van der Waals surface area contributed by atoms with Crippen molar-refractivity contribution >= 4 is 57.6 Å². The molecule has 1 saturated heterocycles. The molecule has 0 radical (unpaired) electrons. The van der Waals surface area contributed by atoms with Crippen molar-refractivity contribution in [1.82, 2.24) is 24.6 Å². The van der Waals surface area contributed by atoms with Crippen LogP contribution in [0.25, 0.3) is 22.3 Å². The van der Waals surface area contributed by atoms with Crippen LogP contribution in [0.3, 0.4) is 0 Å². The van der Waals surface area contributed by atoms with Crippen LogP contribution in [0.5, 0.6) is 0 Å². The van der Waals surface area contributed by atoms with Gasteiger partial charge in [-0.2, -0.15) is 10.1 Å². The highest BCUT2D eigenvalue weighted by Gasteiger charge is 2.24. The number of anilines is 2. The zero-order chi connectivity index (χ0) is 24.0. The zero-order valence-corrected chi connectivity index (χ0v) is 20.5. The molecule has 1 fully saturated rings. The third-order valence-electron chi connectivity index (χ3n) is 6.02. The molecular formula is C23H21Cl3FN7. The van der Waals surface area contributed by atoms with Crippen molar-refractivity contribution in [3.05, 3.63) is 62.8 Å². The summed E-state index contributed by atoms with van der Waals surface area (Å²) >= 11 is 18.7. The summed E-state index contributed by atoms with van der Waals surface area (Å²) in [6, 6.07) is 10.0. The zero-order valence-electron chi connectivity index (χ0n) is 18.3. The van der Waals surface area contributed by atoms with Crippen molar-refractivity contribution in [3.8, 4) is 11.3 Å². The number of halogens is 4. The number of nitrogen functional groups attached to an aromatic ring is 1. The van der Waals surface area contributed by atoms with Gasteiger partial charge in [-0.15, -0.1) is 0 Å². The summed E-state index contributed by atoms with van der Waals surface area (Å²) in [6.07, 6.45) is 0. The molecule has 7 nitrogen and oxygen atoms in total. The third-order valence-corrected chi connectivity index (χ3v) is 7.02. The summed E-state index contributed by atoms with van der Waals surface area (Å²) in [5.74, 6) is 0.472. The van der Waals surface area contributed by atoms with Gasteiger partial charge < -0.3 is 10.6 Å². The number of aromatic nitrogens is 4. The second-order valence-corrected chi connectivity index (χ2v) is 9.39. The van der Waals surface area contributed by atoms with Gasteiger partial charge in [-0.1, -0.05) is 40.9 Å². The molecule has 2 N–H and O–H groups in total. The predicted octanol–water partition coefficient (Wildman–Crippen LogP) is 5.03. The number of benzene rings is 2. The maximum Gasteiger partial charge on any atom is 0.228 e. The summed E-state index contributed by atoms with van der Waals surface area (Å²) in [6.45, 7) is 3.65. The molecule has 0 amide bonds. The Morgan fingerprint density at radius 3 is 2.35 bits per heavy atom. The highest BCUT2D eigenvalue weighted by atomic mass is 35.5. The van der Waals surface area contributed by atoms with E-state index in [1.165, 1.54) is 6.07 Å². The first-order valence-electron chi connectivity index (χ1n) is 10.7. The molecule has 0 spiro atoms. The van der Waals surface area contributed by atoms with Crippen molar-refractivity contribution < 1.29 is 4.39 Å². The minimum Gasteiger partial charge on any atom is -0.383 e. The summed E-state index contributed by atoms with van der Waals surface area (Å²) in [5, 5.41) is 6.41. The van der Waals surface area contributed by atoms with Gasteiger partial charge in [0.2, 0.25) is 5.95 Å². The van der Waals surface area contributed by atoms with Crippen molar-refractivity contribution in [2.75, 3.05) is 36.8 Å². The fourth-order valence-corrected chi connectivity index (χ4v) is 4.81. The van der Waals surface area contributed by atoms with Gasteiger partial charge in [-0.05, 0) is 30.3 Å². The van der Waals surface area contributed by atoms with E-state index in [0.717, 1.165) is 18.7 Å². The topological polar surface area (TPSA) is 76.1 Å². The molecule has 3 heterocycles. The Morgan fingerprint density at radius 1 is 0.971 bits per heavy atom. The number of nitrogens with two attached hydrogens (primary N) is 1. The molecule has 11 heteroatoms. The number of fused-ring (bicyclic) bond motifs is 1. The smallest absolute Gasteiger partial charge is 0.228 e. The Kier molecular flexibility index (Phi) is 6.24. The van der Waals surface area contributed by atoms with Gasteiger partial charge in [0.05, 0.1) is 16.1 Å². The molecule has 0 unspecified atom stereocenters. The largest absolute Gasteiger partial charge is 0.383 e. The van der Waals surface area contributed by atoms with Crippen LogP contribution in [0.4, 0.5) is 16.2 Å². The van der Waals surface area contributed by atoms with E-state index in [4.69, 9.17) is 45.5 Å². The maximum atomic E-state index is 13.8. The van der Waals surface area contributed by atoms with Crippen LogP contribution in [-0.2, 0) is 13.6 Å². The van der Waals surface area contributed by atoms with E-state index in [1.807, 2.05) is 18.2 Å². The predicted molar refractivity (Wildman–Crippen MR) is 135 cm³/mol. The van der Waals surface area contributed by atoms with Crippen LogP contribution in [0.1, 0.15) is 5.56 Å². The second kappa shape index (κ2) is 9.19. The number of aryl methyl sites for hydroxylation is 1. The lowest BCUT2D eigenvalue weighted by Gasteiger charge is -2.35. The monoisotopic (exact) mass is 519 g/mol. The van der Waals surface area contributed by atoms with Crippen molar-refractivity contribution in [3.63, 3.8) is 0 Å². The van der Waals surface area contributed by atoms with E-state index in [9.17, 15) is 4.39 Å². The first-order chi connectivity index (χ1) is 16.3. The summed E-state index contributed by atoms with van der Waals surface area (Å²) in [4.78, 5) is 13.9. The van der Waals surface area contributed by atoms with E-state index in [0.29, 0.717) is 63.7 Å². The normalized spacial score (nSPS) is 14.8. The molecule has 176 valence electrons. The first-order valence-corrected chi connectivity index (χ1v) is 11.8. The Morgan fingerprint density at radius 2 is 1.68 bits per heavy atom. The summed E-state index contributed by atoms with van der Waals surface area (Å²) < 4.78 is 15.3. The van der Waals surface area contributed by atoms with Crippen LogP contribution in [0.2, 0.25) is 15.1 Å². The molecule has 1 aliphatic heterocycles. The molecular weight excluding hydrogens is 500 g/mol.